The van der Waals surface area contributed by atoms with Crippen LogP contribution in [-0.4, -0.2) is 0 Å². The lowest BCUT2D eigenvalue weighted by Gasteiger charge is -2.16. The van der Waals surface area contributed by atoms with Gasteiger partial charge in [-0.25, -0.2) is 4.39 Å². The third-order valence-electron chi connectivity index (χ3n) is 2.97. The molecule has 0 aliphatic heterocycles. The predicted molar refractivity (Wildman–Crippen MR) is 61.4 cm³/mol. The SMILES string of the molecule is FC1CC=Cc2c1ccc1ccccc21. The third-order valence-corrected chi connectivity index (χ3v) is 2.97. The minimum absolute atomic E-state index is 0.505. The molecule has 2 aromatic carbocycles. The fourth-order valence-electron chi connectivity index (χ4n) is 2.20. The van der Waals surface area contributed by atoms with Crippen molar-refractivity contribution in [3.8, 4) is 0 Å². The number of hydrogen-bond acceptors (Lipinski definition) is 0. The second-order valence-electron chi connectivity index (χ2n) is 3.90. The van der Waals surface area contributed by atoms with E-state index in [9.17, 15) is 4.39 Å². The van der Waals surface area contributed by atoms with Crippen LogP contribution in [0, 0.1) is 0 Å². The average molecular weight is 198 g/mol. The van der Waals surface area contributed by atoms with Gasteiger partial charge >= 0.3 is 0 Å². The van der Waals surface area contributed by atoms with Crippen LogP contribution in [-0.2, 0) is 0 Å². The normalized spacial score (nSPS) is 19.1. The molecule has 1 atom stereocenters. The summed E-state index contributed by atoms with van der Waals surface area (Å²) in [6, 6.07) is 12.0. The van der Waals surface area contributed by atoms with Gasteiger partial charge in [0.05, 0.1) is 0 Å². The minimum Gasteiger partial charge on any atom is -0.242 e. The number of alkyl halides is 1. The molecule has 0 saturated carbocycles. The van der Waals surface area contributed by atoms with Gasteiger partial charge in [0.15, 0.2) is 0 Å². The second kappa shape index (κ2) is 3.20. The summed E-state index contributed by atoms with van der Waals surface area (Å²) in [5.41, 5.74) is 1.88. The first-order chi connectivity index (χ1) is 7.36. The molecular weight excluding hydrogens is 187 g/mol. The van der Waals surface area contributed by atoms with E-state index in [1.807, 2.05) is 36.4 Å². The van der Waals surface area contributed by atoms with Gasteiger partial charge in [-0.05, 0) is 21.9 Å². The van der Waals surface area contributed by atoms with Gasteiger partial charge in [-0.2, -0.15) is 0 Å². The van der Waals surface area contributed by atoms with Gasteiger partial charge in [0.2, 0.25) is 0 Å². The van der Waals surface area contributed by atoms with Crippen LogP contribution in [0.4, 0.5) is 4.39 Å². The molecule has 0 fully saturated rings. The highest BCUT2D eigenvalue weighted by Crippen LogP contribution is 2.34. The molecular formula is C14H11F. The Labute approximate surface area is 88.0 Å². The molecule has 0 bridgehead atoms. The van der Waals surface area contributed by atoms with Gasteiger partial charge in [0, 0.05) is 6.42 Å². The van der Waals surface area contributed by atoms with E-state index in [1.165, 1.54) is 5.39 Å². The number of hydrogen-bond donors (Lipinski definition) is 0. The smallest absolute Gasteiger partial charge is 0.129 e. The van der Waals surface area contributed by atoms with E-state index in [2.05, 4.69) is 12.1 Å². The molecule has 1 unspecified atom stereocenters. The standard InChI is InChI=1S/C14H11F/c15-14-7-3-6-12-11-5-2-1-4-10(11)8-9-13(12)14/h1-6,8-9,14H,7H2. The Bertz CT molecular complexity index is 540. The fraction of sp³-hybridized carbons (Fsp3) is 0.143. The molecule has 15 heavy (non-hydrogen) atoms. The van der Waals surface area contributed by atoms with E-state index in [0.717, 1.165) is 16.5 Å². The maximum Gasteiger partial charge on any atom is 0.129 e. The Morgan fingerprint density at radius 3 is 2.87 bits per heavy atom. The fourth-order valence-corrected chi connectivity index (χ4v) is 2.20. The molecule has 2 aromatic rings. The summed E-state index contributed by atoms with van der Waals surface area (Å²) >= 11 is 0. The maximum atomic E-state index is 13.7. The lowest BCUT2D eigenvalue weighted by molar-refractivity contribution is 0.345. The highest BCUT2D eigenvalue weighted by Gasteiger charge is 2.16. The van der Waals surface area contributed by atoms with Gasteiger partial charge in [0.25, 0.3) is 0 Å². The topological polar surface area (TPSA) is 0 Å². The van der Waals surface area contributed by atoms with Crippen molar-refractivity contribution in [3.63, 3.8) is 0 Å². The van der Waals surface area contributed by atoms with Crippen LogP contribution in [0.15, 0.2) is 42.5 Å². The van der Waals surface area contributed by atoms with Crippen LogP contribution in [0.25, 0.3) is 16.8 Å². The first-order valence-electron chi connectivity index (χ1n) is 5.18. The lowest BCUT2D eigenvalue weighted by Crippen LogP contribution is -1.98. The first kappa shape index (κ1) is 8.66. The maximum absolute atomic E-state index is 13.7. The number of halogens is 1. The zero-order chi connectivity index (χ0) is 10.3. The van der Waals surface area contributed by atoms with Gasteiger partial charge in [-0.15, -0.1) is 0 Å². The van der Waals surface area contributed by atoms with Crippen LogP contribution >= 0.6 is 0 Å². The molecule has 1 aliphatic rings. The molecule has 0 amide bonds. The van der Waals surface area contributed by atoms with Crippen LogP contribution < -0.4 is 0 Å². The summed E-state index contributed by atoms with van der Waals surface area (Å²) in [4.78, 5) is 0. The van der Waals surface area contributed by atoms with Crippen molar-refractivity contribution < 1.29 is 4.39 Å². The summed E-state index contributed by atoms with van der Waals surface area (Å²) in [6.07, 6.45) is 3.62. The van der Waals surface area contributed by atoms with Crippen molar-refractivity contribution in [2.45, 2.75) is 12.6 Å². The van der Waals surface area contributed by atoms with Crippen LogP contribution in [0.5, 0.6) is 0 Å². The average Bonchev–Trinajstić information content (AvgIpc) is 2.29. The summed E-state index contributed by atoms with van der Waals surface area (Å²) in [5.74, 6) is 0. The molecule has 0 aromatic heterocycles. The number of allylic oxidation sites excluding steroid dienone is 1. The zero-order valence-electron chi connectivity index (χ0n) is 8.28. The Morgan fingerprint density at radius 2 is 1.93 bits per heavy atom. The second-order valence-corrected chi connectivity index (χ2v) is 3.90. The molecule has 1 aliphatic carbocycles. The van der Waals surface area contributed by atoms with Crippen molar-refractivity contribution in [3.05, 3.63) is 53.6 Å². The summed E-state index contributed by atoms with van der Waals surface area (Å²) in [5, 5.41) is 2.32. The number of benzene rings is 2. The zero-order valence-corrected chi connectivity index (χ0v) is 8.28. The highest BCUT2D eigenvalue weighted by molar-refractivity contribution is 5.92. The minimum atomic E-state index is -0.838. The van der Waals surface area contributed by atoms with Crippen molar-refractivity contribution in [1.82, 2.24) is 0 Å². The molecule has 0 nitrogen and oxygen atoms in total. The molecule has 0 heterocycles. The predicted octanol–water partition coefficient (Wildman–Crippen LogP) is 4.27. The monoisotopic (exact) mass is 198 g/mol. The van der Waals surface area contributed by atoms with Gasteiger partial charge in [-0.3, -0.25) is 0 Å². The van der Waals surface area contributed by atoms with Crippen LogP contribution in [0.3, 0.4) is 0 Å². The number of fused-ring (bicyclic) bond motifs is 3. The summed E-state index contributed by atoms with van der Waals surface area (Å²) in [7, 11) is 0. The van der Waals surface area contributed by atoms with Crippen molar-refractivity contribution in [2.24, 2.45) is 0 Å². The van der Waals surface area contributed by atoms with Gasteiger partial charge in [-0.1, -0.05) is 48.6 Å². The summed E-state index contributed by atoms with van der Waals surface area (Å²) in [6.45, 7) is 0. The Balaban J connectivity index is 2.39. The van der Waals surface area contributed by atoms with E-state index in [4.69, 9.17) is 0 Å². The van der Waals surface area contributed by atoms with Gasteiger partial charge in [0.1, 0.15) is 6.17 Å². The quantitative estimate of drug-likeness (QED) is 0.593. The van der Waals surface area contributed by atoms with E-state index in [-0.39, 0.29) is 0 Å². The third kappa shape index (κ3) is 1.27. The molecule has 0 saturated heterocycles. The molecule has 3 rings (SSSR count). The van der Waals surface area contributed by atoms with Gasteiger partial charge < -0.3 is 0 Å². The molecule has 1 heteroatoms. The first-order valence-corrected chi connectivity index (χ1v) is 5.18. The van der Waals surface area contributed by atoms with Crippen molar-refractivity contribution >= 4 is 16.8 Å². The molecule has 0 N–H and O–H groups in total. The summed E-state index contributed by atoms with van der Waals surface area (Å²) < 4.78 is 13.7. The Hall–Kier alpha value is -1.63. The van der Waals surface area contributed by atoms with E-state index < -0.39 is 6.17 Å². The van der Waals surface area contributed by atoms with Crippen LogP contribution in [0.1, 0.15) is 23.7 Å². The molecule has 0 radical (unpaired) electrons. The Kier molecular flexibility index (Phi) is 1.84. The molecule has 0 spiro atoms. The largest absolute Gasteiger partial charge is 0.242 e. The van der Waals surface area contributed by atoms with E-state index in [1.54, 1.807) is 0 Å². The van der Waals surface area contributed by atoms with Crippen LogP contribution in [0.2, 0.25) is 0 Å². The Morgan fingerprint density at radius 1 is 1.07 bits per heavy atom. The van der Waals surface area contributed by atoms with Crippen molar-refractivity contribution in [2.75, 3.05) is 0 Å². The van der Waals surface area contributed by atoms with E-state index >= 15 is 0 Å². The molecule has 74 valence electrons. The van der Waals surface area contributed by atoms with Crippen molar-refractivity contribution in [1.29, 1.82) is 0 Å². The highest BCUT2D eigenvalue weighted by atomic mass is 19.1. The lowest BCUT2D eigenvalue weighted by atomic mass is 9.91. The van der Waals surface area contributed by atoms with E-state index in [0.29, 0.717) is 6.42 Å². The number of rotatable bonds is 0.